The highest BCUT2D eigenvalue weighted by Gasteiger charge is 2.26. The Morgan fingerprint density at radius 3 is 2.73 bits per heavy atom. The van der Waals surface area contributed by atoms with Crippen molar-refractivity contribution in [2.45, 2.75) is 4.21 Å². The summed E-state index contributed by atoms with van der Waals surface area (Å²) in [6.07, 6.45) is 0. The fraction of sp³-hybridized carbons (Fsp3) is 0. The van der Waals surface area contributed by atoms with E-state index in [1.165, 1.54) is 0 Å². The van der Waals surface area contributed by atoms with E-state index < -0.39 is 20.6 Å². The smallest absolute Gasteiger partial charge is 0.300 e. The van der Waals surface area contributed by atoms with Gasteiger partial charge in [0.25, 0.3) is 15.7 Å². The minimum absolute atomic E-state index is 0.0216. The van der Waals surface area contributed by atoms with Crippen LogP contribution in [0.15, 0.2) is 34.5 Å². The summed E-state index contributed by atoms with van der Waals surface area (Å²) in [6, 6.07) is 7.92. The third kappa shape index (κ3) is 2.63. The summed E-state index contributed by atoms with van der Waals surface area (Å²) in [6.45, 7) is 0. The summed E-state index contributed by atoms with van der Waals surface area (Å²) in [4.78, 5) is 16.9. The van der Waals surface area contributed by atoms with E-state index in [1.54, 1.807) is 24.3 Å². The Morgan fingerprint density at radius 1 is 1.36 bits per heavy atom. The van der Waals surface area contributed by atoms with E-state index in [2.05, 4.69) is 14.7 Å². The van der Waals surface area contributed by atoms with Gasteiger partial charge in [-0.05, 0) is 12.1 Å². The third-order valence-electron chi connectivity index (χ3n) is 2.73. The Labute approximate surface area is 133 Å². The molecule has 0 aliphatic carbocycles. The molecule has 0 saturated carbocycles. The van der Waals surface area contributed by atoms with Gasteiger partial charge < -0.3 is 4.98 Å². The number of H-pyrrole nitrogens is 1. The lowest BCUT2D eigenvalue weighted by atomic mass is 10.3. The summed E-state index contributed by atoms with van der Waals surface area (Å²) in [7, 11) is -4.01. The van der Waals surface area contributed by atoms with Gasteiger partial charge in [0.1, 0.15) is 4.21 Å². The van der Waals surface area contributed by atoms with Crippen LogP contribution in [0.3, 0.4) is 0 Å². The highest BCUT2D eigenvalue weighted by molar-refractivity contribution is 7.94. The Hall–Kier alpha value is -2.17. The average Bonchev–Trinajstić information content (AvgIpc) is 3.01. The van der Waals surface area contributed by atoms with Crippen LogP contribution in [0.2, 0.25) is 4.34 Å². The molecule has 0 atom stereocenters. The normalized spacial score (nSPS) is 11.7. The number of hydrogen-bond donors (Lipinski definition) is 2. The standard InChI is InChI=1S/C11H7ClN4O4S2/c12-10-8(16(17)18)5-9(21-10)22(19,20)15-11-13-6-3-1-2-4-7(6)14-11/h1-5H,(H2,13,14,15). The molecule has 0 fully saturated rings. The van der Waals surface area contributed by atoms with Gasteiger partial charge in [-0.1, -0.05) is 23.7 Å². The fourth-order valence-corrected chi connectivity index (χ4v) is 4.40. The van der Waals surface area contributed by atoms with Crippen LogP contribution in [-0.4, -0.2) is 23.3 Å². The molecule has 0 amide bonds. The number of sulfonamides is 1. The van der Waals surface area contributed by atoms with Gasteiger partial charge in [0.2, 0.25) is 5.95 Å². The number of para-hydroxylation sites is 2. The Bertz CT molecular complexity index is 946. The Kier molecular flexibility index (Phi) is 3.51. The number of aromatic nitrogens is 2. The van der Waals surface area contributed by atoms with Crippen molar-refractivity contribution < 1.29 is 13.3 Å². The molecule has 2 N–H and O–H groups in total. The molecule has 0 bridgehead atoms. The Balaban J connectivity index is 1.96. The van der Waals surface area contributed by atoms with Crippen LogP contribution < -0.4 is 4.72 Å². The van der Waals surface area contributed by atoms with Gasteiger partial charge in [0.15, 0.2) is 4.34 Å². The maximum Gasteiger partial charge on any atom is 0.300 e. The molecule has 3 aromatic rings. The molecule has 0 aliphatic heterocycles. The molecule has 8 nitrogen and oxygen atoms in total. The van der Waals surface area contributed by atoms with Crippen LogP contribution in [0, 0.1) is 10.1 Å². The molecule has 22 heavy (non-hydrogen) atoms. The molecular formula is C11H7ClN4O4S2. The van der Waals surface area contributed by atoms with Crippen molar-refractivity contribution in [2.24, 2.45) is 0 Å². The lowest BCUT2D eigenvalue weighted by Crippen LogP contribution is -2.12. The van der Waals surface area contributed by atoms with Crippen molar-refractivity contribution in [3.05, 3.63) is 44.8 Å². The molecule has 0 aliphatic rings. The van der Waals surface area contributed by atoms with E-state index in [0.717, 1.165) is 6.07 Å². The topological polar surface area (TPSA) is 118 Å². The first-order valence-electron chi connectivity index (χ1n) is 5.78. The number of thiophene rings is 1. The van der Waals surface area contributed by atoms with Gasteiger partial charge in [0, 0.05) is 6.07 Å². The highest BCUT2D eigenvalue weighted by atomic mass is 35.5. The van der Waals surface area contributed by atoms with Crippen molar-refractivity contribution in [1.29, 1.82) is 0 Å². The lowest BCUT2D eigenvalue weighted by molar-refractivity contribution is -0.384. The van der Waals surface area contributed by atoms with Crippen molar-refractivity contribution in [3.63, 3.8) is 0 Å². The van der Waals surface area contributed by atoms with Crippen LogP contribution >= 0.6 is 22.9 Å². The Morgan fingerprint density at radius 2 is 2.09 bits per heavy atom. The second kappa shape index (κ2) is 5.23. The zero-order chi connectivity index (χ0) is 15.9. The summed E-state index contributed by atoms with van der Waals surface area (Å²) < 4.78 is 26.2. The number of nitrogens with one attached hydrogen (secondary N) is 2. The lowest BCUT2D eigenvalue weighted by Gasteiger charge is -2.01. The third-order valence-corrected chi connectivity index (χ3v) is 5.88. The molecule has 0 saturated heterocycles. The quantitative estimate of drug-likeness (QED) is 0.549. The van der Waals surface area contributed by atoms with Gasteiger partial charge >= 0.3 is 0 Å². The number of hydrogen-bond acceptors (Lipinski definition) is 6. The molecular weight excluding hydrogens is 352 g/mol. The first-order chi connectivity index (χ1) is 10.4. The van der Waals surface area contributed by atoms with Crippen molar-refractivity contribution in [3.8, 4) is 0 Å². The molecule has 2 heterocycles. The predicted molar refractivity (Wildman–Crippen MR) is 82.9 cm³/mol. The molecule has 114 valence electrons. The predicted octanol–water partition coefficient (Wildman–Crippen LogP) is 2.99. The minimum Gasteiger partial charge on any atom is -0.323 e. The first kappa shape index (κ1) is 14.8. The van der Waals surface area contributed by atoms with Crippen molar-refractivity contribution in [1.82, 2.24) is 9.97 Å². The van der Waals surface area contributed by atoms with Gasteiger partial charge in [-0.25, -0.2) is 18.1 Å². The fourth-order valence-electron chi connectivity index (χ4n) is 1.77. The average molecular weight is 359 g/mol. The number of halogens is 1. The number of anilines is 1. The maximum absolute atomic E-state index is 12.2. The van der Waals surface area contributed by atoms with Crippen LogP contribution in [0.5, 0.6) is 0 Å². The molecule has 1 aromatic carbocycles. The highest BCUT2D eigenvalue weighted by Crippen LogP contribution is 2.36. The van der Waals surface area contributed by atoms with E-state index in [4.69, 9.17) is 11.6 Å². The van der Waals surface area contributed by atoms with Crippen molar-refractivity contribution >= 4 is 55.6 Å². The number of fused-ring (bicyclic) bond motifs is 1. The van der Waals surface area contributed by atoms with E-state index in [0.29, 0.717) is 22.4 Å². The number of rotatable bonds is 4. The first-order valence-corrected chi connectivity index (χ1v) is 8.46. The molecule has 0 spiro atoms. The van der Waals surface area contributed by atoms with Gasteiger partial charge in [-0.3, -0.25) is 10.1 Å². The second-order valence-corrected chi connectivity index (χ2v) is 7.75. The van der Waals surface area contributed by atoms with Gasteiger partial charge in [-0.15, -0.1) is 11.3 Å². The molecule has 11 heteroatoms. The molecule has 0 radical (unpaired) electrons. The largest absolute Gasteiger partial charge is 0.323 e. The van der Waals surface area contributed by atoms with Crippen LogP contribution in [-0.2, 0) is 10.0 Å². The van der Waals surface area contributed by atoms with E-state index in [9.17, 15) is 18.5 Å². The maximum atomic E-state index is 12.2. The zero-order valence-corrected chi connectivity index (χ0v) is 13.0. The summed E-state index contributed by atoms with van der Waals surface area (Å²) in [5.74, 6) is 0.0216. The number of aromatic amines is 1. The zero-order valence-electron chi connectivity index (χ0n) is 10.6. The summed E-state index contributed by atoms with van der Waals surface area (Å²) in [5, 5.41) is 10.7. The minimum atomic E-state index is -4.01. The number of nitrogens with zero attached hydrogens (tertiary/aromatic N) is 2. The number of imidazole rings is 1. The van der Waals surface area contributed by atoms with Gasteiger partial charge in [-0.2, -0.15) is 0 Å². The molecule has 2 aromatic heterocycles. The van der Waals surface area contributed by atoms with E-state index in [1.807, 2.05) is 0 Å². The van der Waals surface area contributed by atoms with E-state index in [-0.39, 0.29) is 14.5 Å². The van der Waals surface area contributed by atoms with Crippen molar-refractivity contribution in [2.75, 3.05) is 4.72 Å². The number of benzene rings is 1. The summed E-state index contributed by atoms with van der Waals surface area (Å²) in [5.41, 5.74) is 0.808. The monoisotopic (exact) mass is 358 g/mol. The van der Waals surface area contributed by atoms with Crippen LogP contribution in [0.4, 0.5) is 11.6 Å². The van der Waals surface area contributed by atoms with Crippen LogP contribution in [0.25, 0.3) is 11.0 Å². The van der Waals surface area contributed by atoms with Crippen LogP contribution in [0.1, 0.15) is 0 Å². The molecule has 0 unspecified atom stereocenters. The summed E-state index contributed by atoms with van der Waals surface area (Å²) >= 11 is 6.28. The number of nitro groups is 1. The van der Waals surface area contributed by atoms with E-state index >= 15 is 0 Å². The second-order valence-electron chi connectivity index (χ2n) is 4.19. The van der Waals surface area contributed by atoms with Gasteiger partial charge in [0.05, 0.1) is 16.0 Å². The molecule has 3 rings (SSSR count). The SMILES string of the molecule is O=[N+]([O-])c1cc(S(=O)(=O)Nc2nc3ccccc3[nH]2)sc1Cl.